The van der Waals surface area contributed by atoms with Crippen molar-refractivity contribution in [1.29, 1.82) is 0 Å². The van der Waals surface area contributed by atoms with Crippen molar-refractivity contribution in [2.24, 2.45) is 17.4 Å². The standard InChI is InChI=1S/C25H29Cl3N4O3/c1-15-18(14-32-7-5-16(6-8-32)9-24(33)34-2)12-21(17-10-19(26)13-20(27)11-17)31-25(15)35-23(30)4-3-22(28)29/h3-4,10-13,16H,5-9,14,29-30H2,1-2H3/b22-3-,23-4+. The molecule has 0 unspecified atom stereocenters. The Balaban J connectivity index is 1.89. The predicted octanol–water partition coefficient (Wildman–Crippen LogP) is 5.36. The van der Waals surface area contributed by atoms with E-state index in [-0.39, 0.29) is 17.0 Å². The number of carbonyl (C=O) groups excluding carboxylic acids is 1. The summed E-state index contributed by atoms with van der Waals surface area (Å²) in [5.74, 6) is 0.647. The van der Waals surface area contributed by atoms with Crippen LogP contribution in [0.2, 0.25) is 10.0 Å². The summed E-state index contributed by atoms with van der Waals surface area (Å²) in [5, 5.41) is 1.10. The van der Waals surface area contributed by atoms with Crippen LogP contribution in [0.15, 0.2) is 47.5 Å². The van der Waals surface area contributed by atoms with Crippen LogP contribution >= 0.6 is 34.8 Å². The molecule has 188 valence electrons. The minimum Gasteiger partial charge on any atom is -0.469 e. The van der Waals surface area contributed by atoms with Crippen LogP contribution in [-0.4, -0.2) is 36.1 Å². The van der Waals surface area contributed by atoms with Gasteiger partial charge >= 0.3 is 5.97 Å². The molecule has 1 aromatic carbocycles. The highest BCUT2D eigenvalue weighted by Crippen LogP contribution is 2.32. The lowest BCUT2D eigenvalue weighted by Crippen LogP contribution is -2.34. The van der Waals surface area contributed by atoms with Crippen LogP contribution in [-0.2, 0) is 16.1 Å². The number of methoxy groups -OCH3 is 1. The molecule has 1 saturated heterocycles. The third-order valence-electron chi connectivity index (χ3n) is 5.90. The lowest BCUT2D eigenvalue weighted by Gasteiger charge is -2.32. The Labute approximate surface area is 220 Å². The Morgan fingerprint density at radius 2 is 1.80 bits per heavy atom. The molecule has 0 bridgehead atoms. The van der Waals surface area contributed by atoms with Crippen LogP contribution < -0.4 is 16.2 Å². The van der Waals surface area contributed by atoms with Crippen molar-refractivity contribution in [1.82, 2.24) is 9.88 Å². The van der Waals surface area contributed by atoms with E-state index < -0.39 is 0 Å². The fourth-order valence-corrected chi connectivity index (χ4v) is 4.55. The van der Waals surface area contributed by atoms with Gasteiger partial charge in [-0.05, 0) is 74.7 Å². The molecule has 0 radical (unpaired) electrons. The van der Waals surface area contributed by atoms with E-state index in [0.29, 0.717) is 40.5 Å². The number of esters is 1. The number of allylic oxidation sites excluding steroid dienone is 2. The van der Waals surface area contributed by atoms with E-state index in [4.69, 9.17) is 55.7 Å². The fraction of sp³-hybridized carbons (Fsp3) is 0.360. The third-order valence-corrected chi connectivity index (χ3v) is 6.46. The maximum Gasteiger partial charge on any atom is 0.305 e. The molecular weight excluding hydrogens is 511 g/mol. The number of aromatic nitrogens is 1. The van der Waals surface area contributed by atoms with Gasteiger partial charge in [-0.2, -0.15) is 0 Å². The minimum absolute atomic E-state index is 0.0832. The zero-order valence-corrected chi connectivity index (χ0v) is 22.0. The summed E-state index contributed by atoms with van der Waals surface area (Å²) in [6, 6.07) is 7.28. The van der Waals surface area contributed by atoms with Crippen molar-refractivity contribution in [3.63, 3.8) is 0 Å². The summed E-state index contributed by atoms with van der Waals surface area (Å²) in [4.78, 5) is 18.7. The second kappa shape index (κ2) is 12.5. The summed E-state index contributed by atoms with van der Waals surface area (Å²) in [6.45, 7) is 4.38. The van der Waals surface area contributed by atoms with Gasteiger partial charge < -0.3 is 20.9 Å². The zero-order chi connectivity index (χ0) is 25.5. The van der Waals surface area contributed by atoms with Crippen LogP contribution in [0.3, 0.4) is 0 Å². The van der Waals surface area contributed by atoms with Gasteiger partial charge in [0.2, 0.25) is 5.88 Å². The smallest absolute Gasteiger partial charge is 0.305 e. The van der Waals surface area contributed by atoms with Gasteiger partial charge in [-0.3, -0.25) is 9.69 Å². The van der Waals surface area contributed by atoms with E-state index in [1.807, 2.05) is 13.0 Å². The lowest BCUT2D eigenvalue weighted by atomic mass is 9.93. The predicted molar refractivity (Wildman–Crippen MR) is 140 cm³/mol. The second-order valence-corrected chi connectivity index (χ2v) is 9.79. The van der Waals surface area contributed by atoms with Crippen LogP contribution in [0.25, 0.3) is 11.3 Å². The highest BCUT2D eigenvalue weighted by Gasteiger charge is 2.23. The summed E-state index contributed by atoms with van der Waals surface area (Å²) in [7, 11) is 1.43. The average molecular weight is 540 g/mol. The monoisotopic (exact) mass is 538 g/mol. The Kier molecular flexibility index (Phi) is 9.69. The van der Waals surface area contributed by atoms with Crippen molar-refractivity contribution >= 4 is 40.8 Å². The van der Waals surface area contributed by atoms with Gasteiger partial charge in [-0.15, -0.1) is 0 Å². The van der Waals surface area contributed by atoms with Crippen molar-refractivity contribution in [3.05, 3.63) is 68.6 Å². The Morgan fingerprint density at radius 3 is 2.40 bits per heavy atom. The Bertz CT molecular complexity index is 1100. The molecule has 2 heterocycles. The topological polar surface area (TPSA) is 104 Å². The molecule has 1 aliphatic rings. The largest absolute Gasteiger partial charge is 0.469 e. The molecule has 4 N–H and O–H groups in total. The molecule has 0 atom stereocenters. The second-order valence-electron chi connectivity index (χ2n) is 8.48. The first-order chi connectivity index (χ1) is 16.6. The van der Waals surface area contributed by atoms with Gasteiger partial charge in [-0.1, -0.05) is 34.8 Å². The minimum atomic E-state index is -0.156. The fourth-order valence-electron chi connectivity index (χ4n) is 3.97. The molecular formula is C25H29Cl3N4O3. The van der Waals surface area contributed by atoms with Crippen molar-refractivity contribution in [2.75, 3.05) is 20.2 Å². The molecule has 7 nitrogen and oxygen atoms in total. The van der Waals surface area contributed by atoms with Gasteiger partial charge in [0.1, 0.15) is 0 Å². The van der Waals surface area contributed by atoms with E-state index >= 15 is 0 Å². The van der Waals surface area contributed by atoms with Crippen molar-refractivity contribution in [2.45, 2.75) is 32.7 Å². The van der Waals surface area contributed by atoms with Crippen LogP contribution in [0.4, 0.5) is 0 Å². The molecule has 10 heteroatoms. The van der Waals surface area contributed by atoms with Crippen LogP contribution in [0.1, 0.15) is 30.4 Å². The number of piperidine rings is 1. The summed E-state index contributed by atoms with van der Waals surface area (Å²) < 4.78 is 10.7. The number of nitrogens with zero attached hydrogens (tertiary/aromatic N) is 2. The number of rotatable bonds is 8. The number of pyridine rings is 1. The van der Waals surface area contributed by atoms with E-state index in [2.05, 4.69) is 9.88 Å². The van der Waals surface area contributed by atoms with Crippen molar-refractivity contribution in [3.8, 4) is 17.1 Å². The molecule has 0 saturated carbocycles. The van der Waals surface area contributed by atoms with E-state index in [0.717, 1.165) is 42.6 Å². The van der Waals surface area contributed by atoms with Crippen LogP contribution in [0.5, 0.6) is 5.88 Å². The molecule has 1 aliphatic heterocycles. The van der Waals surface area contributed by atoms with Crippen molar-refractivity contribution < 1.29 is 14.3 Å². The molecule has 35 heavy (non-hydrogen) atoms. The SMILES string of the molecule is COC(=O)CC1CCN(Cc2cc(-c3cc(Cl)cc(Cl)c3)nc(O/C(N)=C/C=C(\N)Cl)c2C)CC1. The van der Waals surface area contributed by atoms with Gasteiger partial charge in [-0.25, -0.2) is 4.98 Å². The number of nitrogens with two attached hydrogens (primary N) is 2. The summed E-state index contributed by atoms with van der Waals surface area (Å²) in [5.41, 5.74) is 14.8. The van der Waals surface area contributed by atoms with Gasteiger partial charge in [0.15, 0.2) is 5.88 Å². The van der Waals surface area contributed by atoms with E-state index in [1.54, 1.807) is 18.2 Å². The number of benzene rings is 1. The summed E-state index contributed by atoms with van der Waals surface area (Å²) >= 11 is 18.2. The first kappa shape index (κ1) is 27.1. The van der Waals surface area contributed by atoms with Gasteiger partial charge in [0, 0.05) is 40.2 Å². The highest BCUT2D eigenvalue weighted by atomic mass is 35.5. The van der Waals surface area contributed by atoms with Crippen LogP contribution in [0, 0.1) is 12.8 Å². The number of likely N-dealkylation sites (tertiary alicyclic amines) is 1. The number of carbonyl (C=O) groups is 1. The molecule has 1 fully saturated rings. The zero-order valence-electron chi connectivity index (χ0n) is 19.7. The number of ether oxygens (including phenoxy) is 2. The molecule has 0 amide bonds. The van der Waals surface area contributed by atoms with Gasteiger partial charge in [0.25, 0.3) is 0 Å². The first-order valence-corrected chi connectivity index (χ1v) is 12.3. The number of hydrogen-bond acceptors (Lipinski definition) is 7. The third kappa shape index (κ3) is 8.04. The van der Waals surface area contributed by atoms with E-state index in [1.165, 1.54) is 19.3 Å². The molecule has 2 aromatic rings. The lowest BCUT2D eigenvalue weighted by molar-refractivity contribution is -0.142. The number of halogens is 3. The van der Waals surface area contributed by atoms with Gasteiger partial charge in [0.05, 0.1) is 18.0 Å². The maximum atomic E-state index is 11.6. The molecule has 0 aliphatic carbocycles. The maximum absolute atomic E-state index is 11.6. The molecule has 3 rings (SSSR count). The molecule has 0 spiro atoms. The number of hydrogen-bond donors (Lipinski definition) is 2. The normalized spacial score (nSPS) is 15.8. The molecule has 1 aromatic heterocycles. The van der Waals surface area contributed by atoms with E-state index in [9.17, 15) is 4.79 Å². The Hall–Kier alpha value is -2.45. The highest BCUT2D eigenvalue weighted by molar-refractivity contribution is 6.35. The summed E-state index contributed by atoms with van der Waals surface area (Å²) in [6.07, 6.45) is 5.23. The average Bonchev–Trinajstić information content (AvgIpc) is 2.80. The Morgan fingerprint density at radius 1 is 1.14 bits per heavy atom. The quantitative estimate of drug-likeness (QED) is 0.201. The first-order valence-electron chi connectivity index (χ1n) is 11.2.